The summed E-state index contributed by atoms with van der Waals surface area (Å²) in [6, 6.07) is 6.75. The molecule has 1 fully saturated rings. The number of rotatable bonds is 6. The number of piperazine rings is 1. The van der Waals surface area contributed by atoms with Crippen LogP contribution < -0.4 is 5.32 Å². The van der Waals surface area contributed by atoms with Crippen LogP contribution in [0.25, 0.3) is 0 Å². The van der Waals surface area contributed by atoms with Gasteiger partial charge in [-0.15, -0.1) is 0 Å². The van der Waals surface area contributed by atoms with E-state index in [0.717, 1.165) is 43.2 Å². The molecule has 0 aromatic heterocycles. The van der Waals surface area contributed by atoms with Gasteiger partial charge < -0.3 is 10.2 Å². The van der Waals surface area contributed by atoms with E-state index in [9.17, 15) is 8.42 Å². The van der Waals surface area contributed by atoms with Crippen LogP contribution in [0.15, 0.2) is 38.6 Å². The van der Waals surface area contributed by atoms with Crippen molar-refractivity contribution in [3.05, 3.63) is 28.7 Å². The van der Waals surface area contributed by atoms with Gasteiger partial charge in [0.25, 0.3) is 0 Å². The number of halogens is 1. The number of aliphatic imine (C=N–C) groups is 1. The van der Waals surface area contributed by atoms with Crippen molar-refractivity contribution in [1.29, 1.82) is 0 Å². The van der Waals surface area contributed by atoms with Gasteiger partial charge in [-0.25, -0.2) is 8.42 Å². The van der Waals surface area contributed by atoms with Crippen molar-refractivity contribution in [2.75, 3.05) is 52.1 Å². The van der Waals surface area contributed by atoms with Crippen LogP contribution in [-0.2, 0) is 9.84 Å². The number of nitrogens with zero attached hydrogens (tertiary/aromatic N) is 3. The topological polar surface area (TPSA) is 65.0 Å². The summed E-state index contributed by atoms with van der Waals surface area (Å²) in [4.78, 5) is 9.32. The van der Waals surface area contributed by atoms with E-state index < -0.39 is 9.84 Å². The Morgan fingerprint density at radius 3 is 2.35 bits per heavy atom. The molecule has 0 atom stereocenters. The zero-order valence-corrected chi connectivity index (χ0v) is 18.2. The molecule has 0 amide bonds. The van der Waals surface area contributed by atoms with Gasteiger partial charge in [0.1, 0.15) is 0 Å². The molecule has 0 radical (unpaired) electrons. The van der Waals surface area contributed by atoms with E-state index >= 15 is 0 Å². The molecule has 1 aromatic carbocycles. The monoisotopic (exact) mass is 444 g/mol. The fraction of sp³-hybridized carbons (Fsp3) is 0.611. The number of benzene rings is 1. The zero-order chi connectivity index (χ0) is 19.2. The molecule has 1 saturated heterocycles. The van der Waals surface area contributed by atoms with Crippen molar-refractivity contribution < 1.29 is 8.42 Å². The highest BCUT2D eigenvalue weighted by Crippen LogP contribution is 2.15. The second kappa shape index (κ2) is 9.71. The van der Waals surface area contributed by atoms with Crippen molar-refractivity contribution >= 4 is 31.7 Å². The quantitative estimate of drug-likeness (QED) is 0.537. The molecule has 0 aliphatic carbocycles. The molecule has 1 aliphatic heterocycles. The molecular weight excluding hydrogens is 416 g/mol. The summed E-state index contributed by atoms with van der Waals surface area (Å²) < 4.78 is 25.7. The molecule has 0 unspecified atom stereocenters. The molecule has 1 heterocycles. The van der Waals surface area contributed by atoms with E-state index in [1.807, 2.05) is 0 Å². The smallest absolute Gasteiger partial charge is 0.193 e. The van der Waals surface area contributed by atoms with Crippen molar-refractivity contribution in [2.24, 2.45) is 10.9 Å². The Bertz CT molecular complexity index is 696. The van der Waals surface area contributed by atoms with Gasteiger partial charge in [0.15, 0.2) is 15.8 Å². The second-order valence-electron chi connectivity index (χ2n) is 6.93. The van der Waals surface area contributed by atoms with Crippen molar-refractivity contribution in [3.63, 3.8) is 0 Å². The zero-order valence-electron chi connectivity index (χ0n) is 15.8. The third-order valence-corrected chi connectivity index (χ3v) is 6.59. The summed E-state index contributed by atoms with van der Waals surface area (Å²) in [6.45, 7) is 9.77. The van der Waals surface area contributed by atoms with Gasteiger partial charge in [-0.05, 0) is 30.2 Å². The summed E-state index contributed by atoms with van der Waals surface area (Å²) in [5.74, 6) is 1.49. The van der Waals surface area contributed by atoms with Crippen LogP contribution in [0.4, 0.5) is 0 Å². The van der Waals surface area contributed by atoms with Gasteiger partial charge in [0.2, 0.25) is 0 Å². The molecule has 1 aromatic rings. The normalized spacial score (nSPS) is 17.0. The molecule has 8 heteroatoms. The minimum absolute atomic E-state index is 0.0426. The first-order valence-electron chi connectivity index (χ1n) is 8.98. The maximum atomic E-state index is 12.4. The van der Waals surface area contributed by atoms with Gasteiger partial charge in [-0.1, -0.05) is 29.8 Å². The largest absolute Gasteiger partial charge is 0.355 e. The van der Waals surface area contributed by atoms with E-state index in [1.165, 1.54) is 0 Å². The maximum absolute atomic E-state index is 12.4. The fourth-order valence-corrected chi connectivity index (χ4v) is 4.47. The van der Waals surface area contributed by atoms with E-state index in [2.05, 4.69) is 49.9 Å². The van der Waals surface area contributed by atoms with Crippen LogP contribution in [0.1, 0.15) is 13.8 Å². The number of sulfone groups is 1. The lowest BCUT2D eigenvalue weighted by Gasteiger charge is -2.37. The standard InChI is InChI=1S/C18H29BrN4O2S/c1-15(2)14-22-9-11-23(12-10-22)18(20-3)21-8-13-26(24,25)17-6-4-16(19)5-7-17/h4-7,15H,8-14H2,1-3H3,(H,20,21). The Labute approximate surface area is 165 Å². The summed E-state index contributed by atoms with van der Waals surface area (Å²) in [5, 5.41) is 3.20. The predicted octanol–water partition coefficient (Wildman–Crippen LogP) is 2.07. The molecule has 1 aliphatic rings. The molecule has 0 spiro atoms. The van der Waals surface area contributed by atoms with E-state index in [-0.39, 0.29) is 5.75 Å². The van der Waals surface area contributed by atoms with Gasteiger partial charge in [0.05, 0.1) is 10.6 Å². The Morgan fingerprint density at radius 1 is 1.19 bits per heavy atom. The summed E-state index contributed by atoms with van der Waals surface area (Å²) in [5.41, 5.74) is 0. The molecule has 26 heavy (non-hydrogen) atoms. The Kier molecular flexibility index (Phi) is 7.91. The fourth-order valence-electron chi connectivity index (χ4n) is 3.05. The molecule has 0 bridgehead atoms. The third kappa shape index (κ3) is 6.25. The summed E-state index contributed by atoms with van der Waals surface area (Å²) in [7, 11) is -1.56. The van der Waals surface area contributed by atoms with E-state index in [4.69, 9.17) is 0 Å². The molecule has 0 saturated carbocycles. The second-order valence-corrected chi connectivity index (χ2v) is 9.95. The highest BCUT2D eigenvalue weighted by molar-refractivity contribution is 9.10. The van der Waals surface area contributed by atoms with Crippen LogP contribution in [-0.4, -0.2) is 76.2 Å². The van der Waals surface area contributed by atoms with Gasteiger partial charge >= 0.3 is 0 Å². The van der Waals surface area contributed by atoms with Gasteiger partial charge in [0, 0.05) is 50.8 Å². The van der Waals surface area contributed by atoms with Crippen LogP contribution in [0, 0.1) is 5.92 Å². The average Bonchev–Trinajstić information content (AvgIpc) is 2.59. The number of guanidine groups is 1. The maximum Gasteiger partial charge on any atom is 0.193 e. The third-order valence-electron chi connectivity index (χ3n) is 4.33. The lowest BCUT2D eigenvalue weighted by atomic mass is 10.2. The van der Waals surface area contributed by atoms with Crippen LogP contribution in [0.5, 0.6) is 0 Å². The summed E-state index contributed by atoms with van der Waals surface area (Å²) in [6.07, 6.45) is 0. The first-order chi connectivity index (χ1) is 12.3. The highest BCUT2D eigenvalue weighted by atomic mass is 79.9. The van der Waals surface area contributed by atoms with E-state index in [1.54, 1.807) is 31.3 Å². The molecule has 2 rings (SSSR count). The average molecular weight is 445 g/mol. The first-order valence-corrected chi connectivity index (χ1v) is 11.4. The number of hydrogen-bond donors (Lipinski definition) is 1. The minimum Gasteiger partial charge on any atom is -0.355 e. The molecule has 1 N–H and O–H groups in total. The highest BCUT2D eigenvalue weighted by Gasteiger charge is 2.20. The predicted molar refractivity (Wildman–Crippen MR) is 110 cm³/mol. The molecule has 146 valence electrons. The summed E-state index contributed by atoms with van der Waals surface area (Å²) >= 11 is 3.32. The van der Waals surface area contributed by atoms with Gasteiger partial charge in [-0.3, -0.25) is 9.89 Å². The molecular formula is C18H29BrN4O2S. The van der Waals surface area contributed by atoms with E-state index in [0.29, 0.717) is 17.4 Å². The lowest BCUT2D eigenvalue weighted by molar-refractivity contribution is 0.164. The SMILES string of the molecule is CN=C(NCCS(=O)(=O)c1ccc(Br)cc1)N1CCN(CC(C)C)CC1. The molecule has 6 nitrogen and oxygen atoms in total. The van der Waals surface area contributed by atoms with Crippen LogP contribution >= 0.6 is 15.9 Å². The first kappa shape index (κ1) is 21.2. The Hall–Kier alpha value is -1.12. The lowest BCUT2D eigenvalue weighted by Crippen LogP contribution is -2.53. The van der Waals surface area contributed by atoms with Crippen molar-refractivity contribution in [2.45, 2.75) is 18.7 Å². The number of hydrogen-bond acceptors (Lipinski definition) is 4. The van der Waals surface area contributed by atoms with Crippen molar-refractivity contribution in [3.8, 4) is 0 Å². The van der Waals surface area contributed by atoms with Crippen LogP contribution in [0.2, 0.25) is 0 Å². The minimum atomic E-state index is -3.30. The number of nitrogens with one attached hydrogen (secondary N) is 1. The van der Waals surface area contributed by atoms with Crippen LogP contribution in [0.3, 0.4) is 0 Å². The Morgan fingerprint density at radius 2 is 1.81 bits per heavy atom. The van der Waals surface area contributed by atoms with Crippen molar-refractivity contribution in [1.82, 2.24) is 15.1 Å². The Balaban J connectivity index is 1.83. The van der Waals surface area contributed by atoms with Gasteiger partial charge in [-0.2, -0.15) is 0 Å².